The van der Waals surface area contributed by atoms with E-state index in [4.69, 9.17) is 4.74 Å². The van der Waals surface area contributed by atoms with Crippen molar-refractivity contribution in [3.63, 3.8) is 0 Å². The third-order valence-corrected chi connectivity index (χ3v) is 2.41. The van der Waals surface area contributed by atoms with Crippen molar-refractivity contribution in [3.8, 4) is 0 Å². The molecule has 0 N–H and O–H groups in total. The van der Waals surface area contributed by atoms with Gasteiger partial charge in [0.15, 0.2) is 0 Å². The van der Waals surface area contributed by atoms with Gasteiger partial charge in [-0.25, -0.2) is 0 Å². The van der Waals surface area contributed by atoms with Crippen molar-refractivity contribution in [2.45, 2.75) is 18.9 Å². The summed E-state index contributed by atoms with van der Waals surface area (Å²) in [4.78, 5) is 10.4. The van der Waals surface area contributed by atoms with Crippen LogP contribution in [0.4, 0.5) is 5.69 Å². The molecule has 0 fully saturated rings. The number of hydrogen-bond acceptors (Lipinski definition) is 3. The van der Waals surface area contributed by atoms with Gasteiger partial charge in [-0.3, -0.25) is 10.1 Å². The normalized spacial score (nSPS) is 19.6. The van der Waals surface area contributed by atoms with Gasteiger partial charge in [-0.15, -0.1) is 0 Å². The van der Waals surface area contributed by atoms with E-state index in [1.165, 1.54) is 6.07 Å². The second-order valence-electron chi connectivity index (χ2n) is 3.39. The molecule has 1 aliphatic rings. The maximum absolute atomic E-state index is 10.8. The third-order valence-electron chi connectivity index (χ3n) is 2.41. The number of nitrogens with zero attached hydrogens (tertiary/aromatic N) is 1. The van der Waals surface area contributed by atoms with Gasteiger partial charge in [-0.05, 0) is 25.0 Å². The van der Waals surface area contributed by atoms with Crippen LogP contribution in [0.2, 0.25) is 0 Å². The number of para-hydroxylation sites is 1. The molecule has 4 heteroatoms. The molecule has 1 atom stereocenters. The Morgan fingerprint density at radius 2 is 2.20 bits per heavy atom. The Bertz CT molecular complexity index is 401. The van der Waals surface area contributed by atoms with Gasteiger partial charge in [0.1, 0.15) is 6.10 Å². The second kappa shape index (κ2) is 4.13. The Labute approximate surface area is 87.3 Å². The molecule has 0 amide bonds. The quantitative estimate of drug-likeness (QED) is 0.551. The molecule has 15 heavy (non-hydrogen) atoms. The van der Waals surface area contributed by atoms with Gasteiger partial charge >= 0.3 is 0 Å². The molecule has 0 aliphatic carbocycles. The fraction of sp³-hybridized carbons (Fsp3) is 0.273. The first kappa shape index (κ1) is 9.71. The van der Waals surface area contributed by atoms with Gasteiger partial charge in [0, 0.05) is 6.07 Å². The van der Waals surface area contributed by atoms with Crippen LogP contribution in [0.1, 0.15) is 24.5 Å². The summed E-state index contributed by atoms with van der Waals surface area (Å²) in [7, 11) is 0. The topological polar surface area (TPSA) is 52.4 Å². The van der Waals surface area contributed by atoms with Crippen molar-refractivity contribution in [1.29, 1.82) is 0 Å². The van der Waals surface area contributed by atoms with E-state index >= 15 is 0 Å². The lowest BCUT2D eigenvalue weighted by Crippen LogP contribution is -2.06. The minimum absolute atomic E-state index is 0.137. The highest BCUT2D eigenvalue weighted by atomic mass is 16.6. The molecule has 0 bridgehead atoms. The molecule has 1 aromatic carbocycles. The molecule has 0 aromatic heterocycles. The number of ether oxygens (including phenoxy) is 1. The summed E-state index contributed by atoms with van der Waals surface area (Å²) >= 11 is 0. The zero-order valence-corrected chi connectivity index (χ0v) is 8.13. The molecular formula is C11H11NO3. The van der Waals surface area contributed by atoms with Crippen LogP contribution in [0.15, 0.2) is 36.6 Å². The van der Waals surface area contributed by atoms with Gasteiger partial charge < -0.3 is 4.74 Å². The average molecular weight is 205 g/mol. The molecule has 0 radical (unpaired) electrons. The number of nitro benzene ring substituents is 1. The van der Waals surface area contributed by atoms with Gasteiger partial charge in [-0.1, -0.05) is 12.1 Å². The van der Waals surface area contributed by atoms with E-state index in [0.717, 1.165) is 12.8 Å². The standard InChI is InChI=1S/C11H11NO3/c13-12(14)10-6-2-1-5-9(10)11-7-3-4-8-15-11/h1-2,4-6,8,11H,3,7H2. The van der Waals surface area contributed by atoms with E-state index in [-0.39, 0.29) is 16.7 Å². The molecule has 1 heterocycles. The lowest BCUT2D eigenvalue weighted by Gasteiger charge is -2.19. The summed E-state index contributed by atoms with van der Waals surface area (Å²) in [5, 5.41) is 10.8. The highest BCUT2D eigenvalue weighted by molar-refractivity contribution is 5.41. The largest absolute Gasteiger partial charge is 0.493 e. The Hall–Kier alpha value is -1.84. The molecule has 2 rings (SSSR count). The molecule has 4 nitrogen and oxygen atoms in total. The first-order valence-corrected chi connectivity index (χ1v) is 4.83. The summed E-state index contributed by atoms with van der Waals surface area (Å²) in [5.41, 5.74) is 0.796. The average Bonchev–Trinajstić information content (AvgIpc) is 2.30. The zero-order valence-electron chi connectivity index (χ0n) is 8.13. The van der Waals surface area contributed by atoms with Crippen molar-refractivity contribution in [3.05, 3.63) is 52.3 Å². The van der Waals surface area contributed by atoms with Crippen molar-refractivity contribution in [1.82, 2.24) is 0 Å². The highest BCUT2D eigenvalue weighted by Crippen LogP contribution is 2.32. The highest BCUT2D eigenvalue weighted by Gasteiger charge is 2.22. The third kappa shape index (κ3) is 1.98. The van der Waals surface area contributed by atoms with Crippen LogP contribution in [0, 0.1) is 10.1 Å². The lowest BCUT2D eigenvalue weighted by molar-refractivity contribution is -0.386. The number of benzene rings is 1. The molecule has 1 unspecified atom stereocenters. The zero-order chi connectivity index (χ0) is 10.7. The van der Waals surface area contributed by atoms with Crippen LogP contribution >= 0.6 is 0 Å². The SMILES string of the molecule is O=[N+]([O-])c1ccccc1C1CCC=CO1. The first-order valence-electron chi connectivity index (χ1n) is 4.83. The Kier molecular flexibility index (Phi) is 2.67. The van der Waals surface area contributed by atoms with Crippen LogP contribution in [-0.2, 0) is 4.74 Å². The van der Waals surface area contributed by atoms with Crippen molar-refractivity contribution in [2.24, 2.45) is 0 Å². The molecule has 0 saturated carbocycles. The molecule has 78 valence electrons. The van der Waals surface area contributed by atoms with Crippen LogP contribution < -0.4 is 0 Å². The fourth-order valence-electron chi connectivity index (χ4n) is 1.69. The van der Waals surface area contributed by atoms with Crippen LogP contribution in [-0.4, -0.2) is 4.92 Å². The van der Waals surface area contributed by atoms with Gasteiger partial charge in [0.05, 0.1) is 16.7 Å². The predicted molar refractivity (Wildman–Crippen MR) is 55.3 cm³/mol. The summed E-state index contributed by atoms with van der Waals surface area (Å²) in [6.45, 7) is 0. The first-order chi connectivity index (χ1) is 7.29. The van der Waals surface area contributed by atoms with E-state index in [0.29, 0.717) is 5.56 Å². The summed E-state index contributed by atoms with van der Waals surface area (Å²) in [6, 6.07) is 6.73. The number of allylic oxidation sites excluding steroid dienone is 1. The van der Waals surface area contributed by atoms with Crippen LogP contribution in [0.25, 0.3) is 0 Å². The molecule has 1 aromatic rings. The Balaban J connectivity index is 2.34. The summed E-state index contributed by atoms with van der Waals surface area (Å²) < 4.78 is 5.37. The number of nitro groups is 1. The van der Waals surface area contributed by atoms with Gasteiger partial charge in [-0.2, -0.15) is 0 Å². The predicted octanol–water partition coefficient (Wildman–Crippen LogP) is 2.96. The summed E-state index contributed by atoms with van der Waals surface area (Å²) in [6.07, 6.45) is 5.05. The minimum Gasteiger partial charge on any atom is -0.493 e. The van der Waals surface area contributed by atoms with E-state index in [9.17, 15) is 10.1 Å². The molecule has 1 aliphatic heterocycles. The van der Waals surface area contributed by atoms with E-state index in [1.807, 2.05) is 6.08 Å². The molecule has 0 spiro atoms. The lowest BCUT2D eigenvalue weighted by atomic mass is 10.0. The monoisotopic (exact) mass is 205 g/mol. The van der Waals surface area contributed by atoms with Gasteiger partial charge in [0.2, 0.25) is 0 Å². The summed E-state index contributed by atoms with van der Waals surface area (Å²) in [5.74, 6) is 0. The Morgan fingerprint density at radius 1 is 1.40 bits per heavy atom. The number of hydrogen-bond donors (Lipinski definition) is 0. The van der Waals surface area contributed by atoms with Crippen LogP contribution in [0.3, 0.4) is 0 Å². The maximum atomic E-state index is 10.8. The number of rotatable bonds is 2. The minimum atomic E-state index is -0.364. The van der Waals surface area contributed by atoms with E-state index < -0.39 is 0 Å². The van der Waals surface area contributed by atoms with Gasteiger partial charge in [0.25, 0.3) is 5.69 Å². The van der Waals surface area contributed by atoms with Crippen molar-refractivity contribution >= 4 is 5.69 Å². The fourth-order valence-corrected chi connectivity index (χ4v) is 1.69. The van der Waals surface area contributed by atoms with Crippen molar-refractivity contribution in [2.75, 3.05) is 0 Å². The second-order valence-corrected chi connectivity index (χ2v) is 3.39. The molecular weight excluding hydrogens is 194 g/mol. The van der Waals surface area contributed by atoms with E-state index in [2.05, 4.69) is 0 Å². The molecule has 0 saturated heterocycles. The Morgan fingerprint density at radius 3 is 2.87 bits per heavy atom. The maximum Gasteiger partial charge on any atom is 0.276 e. The van der Waals surface area contributed by atoms with E-state index in [1.54, 1.807) is 24.5 Å². The van der Waals surface area contributed by atoms with Crippen molar-refractivity contribution < 1.29 is 9.66 Å². The van der Waals surface area contributed by atoms with Crippen LogP contribution in [0.5, 0.6) is 0 Å². The smallest absolute Gasteiger partial charge is 0.276 e.